The van der Waals surface area contributed by atoms with E-state index in [0.717, 1.165) is 30.3 Å². The number of hydrogen-bond donors (Lipinski definition) is 4. The van der Waals surface area contributed by atoms with Gasteiger partial charge in [-0.25, -0.2) is 4.39 Å². The number of benzene rings is 1. The minimum absolute atomic E-state index is 0.111. The third kappa shape index (κ3) is 3.64. The lowest BCUT2D eigenvalue weighted by Gasteiger charge is -2.31. The summed E-state index contributed by atoms with van der Waals surface area (Å²) in [4.78, 5) is 19.1. The van der Waals surface area contributed by atoms with Crippen molar-refractivity contribution < 1.29 is 14.2 Å². The van der Waals surface area contributed by atoms with Gasteiger partial charge >= 0.3 is 6.01 Å². The molecule has 2 aliphatic rings. The van der Waals surface area contributed by atoms with E-state index >= 15 is 0 Å². The Balaban J connectivity index is 1.50. The van der Waals surface area contributed by atoms with Gasteiger partial charge in [0, 0.05) is 37.1 Å². The molecule has 4 atom stereocenters. The molecule has 6 rings (SSSR count). The van der Waals surface area contributed by atoms with Gasteiger partial charge in [0.25, 0.3) is 0 Å². The molecule has 4 aromatic rings. The van der Waals surface area contributed by atoms with Crippen molar-refractivity contribution in [3.63, 3.8) is 0 Å². The van der Waals surface area contributed by atoms with E-state index < -0.39 is 6.10 Å². The van der Waals surface area contributed by atoms with Crippen LogP contribution in [-0.4, -0.2) is 50.7 Å². The van der Waals surface area contributed by atoms with Crippen LogP contribution in [0.25, 0.3) is 21.9 Å². The molecule has 3 aromatic heterocycles. The lowest BCUT2D eigenvalue weighted by Crippen LogP contribution is -2.41. The number of aromatic amines is 1. The van der Waals surface area contributed by atoms with Crippen LogP contribution in [0, 0.1) is 11.7 Å². The van der Waals surface area contributed by atoms with Gasteiger partial charge in [0.2, 0.25) is 0 Å². The molecule has 11 heteroatoms. The Labute approximate surface area is 205 Å². The highest BCUT2D eigenvalue weighted by molar-refractivity contribution is 6.31. The van der Waals surface area contributed by atoms with Crippen LogP contribution in [0.4, 0.5) is 15.9 Å². The number of aliphatic hydroxyl groups is 1. The third-order valence-corrected chi connectivity index (χ3v) is 7.38. The van der Waals surface area contributed by atoms with E-state index in [1.54, 1.807) is 20.0 Å². The highest BCUT2D eigenvalue weighted by Gasteiger charge is 2.44. The molecule has 0 amide bonds. The van der Waals surface area contributed by atoms with Crippen molar-refractivity contribution in [2.24, 2.45) is 11.7 Å². The SMILES string of the molecule is CNc1cc(F)cc2c1[nH]c1nc(Oc3cnc(C(C)O)c(Cl)c3)nc(N3CC4CC3CC4N)c12. The Morgan fingerprint density at radius 3 is 2.80 bits per heavy atom. The van der Waals surface area contributed by atoms with Gasteiger partial charge in [-0.2, -0.15) is 9.97 Å². The molecule has 4 unspecified atom stereocenters. The highest BCUT2D eigenvalue weighted by atomic mass is 35.5. The van der Waals surface area contributed by atoms with Crippen LogP contribution in [0.2, 0.25) is 5.02 Å². The molecule has 2 bridgehead atoms. The van der Waals surface area contributed by atoms with Gasteiger partial charge in [-0.15, -0.1) is 0 Å². The first-order valence-electron chi connectivity index (χ1n) is 11.6. The highest BCUT2D eigenvalue weighted by Crippen LogP contribution is 2.44. The van der Waals surface area contributed by atoms with Crippen LogP contribution < -0.4 is 20.7 Å². The summed E-state index contributed by atoms with van der Waals surface area (Å²) in [5.74, 6) is 1.06. The van der Waals surface area contributed by atoms with Gasteiger partial charge in [-0.05, 0) is 37.8 Å². The largest absolute Gasteiger partial charge is 0.422 e. The molecule has 2 fully saturated rings. The van der Waals surface area contributed by atoms with E-state index in [0.29, 0.717) is 39.9 Å². The standard InChI is InChI=1S/C24H25ClFN7O2/c1-10(34)20-16(25)7-14(8-29-20)35-24-31-22-19(15-4-12(26)5-18(28-2)21(15)30-22)23(32-24)33-9-11-3-13(33)6-17(11)27/h4-5,7-8,10-11,13,17,28,34H,3,6,9,27H2,1-2H3,(H,30,31,32). The Kier molecular flexibility index (Phi) is 5.21. The maximum atomic E-state index is 14.5. The average molecular weight is 498 g/mol. The minimum atomic E-state index is -0.805. The second kappa shape index (κ2) is 8.18. The van der Waals surface area contributed by atoms with E-state index in [4.69, 9.17) is 27.1 Å². The van der Waals surface area contributed by atoms with Crippen molar-refractivity contribution in [2.75, 3.05) is 23.8 Å². The third-order valence-electron chi connectivity index (χ3n) is 7.07. The second-order valence-corrected chi connectivity index (χ2v) is 9.73. The quantitative estimate of drug-likeness (QED) is 0.324. The average Bonchev–Trinajstić information content (AvgIpc) is 3.49. The van der Waals surface area contributed by atoms with Crippen molar-refractivity contribution in [1.29, 1.82) is 0 Å². The topological polar surface area (TPSA) is 125 Å². The summed E-state index contributed by atoms with van der Waals surface area (Å²) in [6, 6.07) is 5.06. The predicted molar refractivity (Wildman–Crippen MR) is 133 cm³/mol. The second-order valence-electron chi connectivity index (χ2n) is 9.32. The van der Waals surface area contributed by atoms with Gasteiger partial charge in [0.15, 0.2) is 5.75 Å². The van der Waals surface area contributed by atoms with Gasteiger partial charge in [-0.3, -0.25) is 4.98 Å². The normalized spacial score (nSPS) is 22.3. The van der Waals surface area contributed by atoms with Crippen LogP contribution in [0.15, 0.2) is 24.4 Å². The van der Waals surface area contributed by atoms with Crippen molar-refractivity contribution in [1.82, 2.24) is 19.9 Å². The molecule has 5 N–H and O–H groups in total. The predicted octanol–water partition coefficient (Wildman–Crippen LogP) is 4.11. The van der Waals surface area contributed by atoms with Gasteiger partial charge in [0.1, 0.15) is 17.3 Å². The monoisotopic (exact) mass is 497 g/mol. The van der Waals surface area contributed by atoms with Crippen molar-refractivity contribution in [3.8, 4) is 11.8 Å². The van der Waals surface area contributed by atoms with Crippen molar-refractivity contribution in [2.45, 2.75) is 38.0 Å². The lowest BCUT2D eigenvalue weighted by atomic mass is 10.0. The summed E-state index contributed by atoms with van der Waals surface area (Å²) in [7, 11) is 1.75. The number of halogens is 2. The molecule has 1 aromatic carbocycles. The Bertz CT molecular complexity index is 1460. The van der Waals surface area contributed by atoms with Gasteiger partial charge in [-0.1, -0.05) is 11.6 Å². The molecule has 0 radical (unpaired) electrons. The summed E-state index contributed by atoms with van der Waals surface area (Å²) in [5.41, 5.74) is 8.56. The van der Waals surface area contributed by atoms with Crippen LogP contribution in [0.3, 0.4) is 0 Å². The molecule has 1 saturated carbocycles. The number of fused-ring (bicyclic) bond motifs is 5. The number of H-pyrrole nitrogens is 1. The van der Waals surface area contributed by atoms with E-state index in [1.165, 1.54) is 18.3 Å². The number of aromatic nitrogens is 4. The summed E-state index contributed by atoms with van der Waals surface area (Å²) >= 11 is 6.27. The Morgan fingerprint density at radius 1 is 1.31 bits per heavy atom. The van der Waals surface area contributed by atoms with E-state index in [-0.39, 0.29) is 28.9 Å². The lowest BCUT2D eigenvalue weighted by molar-refractivity contribution is 0.194. The number of piperidine rings is 1. The van der Waals surface area contributed by atoms with Crippen molar-refractivity contribution in [3.05, 3.63) is 40.9 Å². The first-order valence-corrected chi connectivity index (χ1v) is 11.9. The van der Waals surface area contributed by atoms with Crippen LogP contribution >= 0.6 is 11.6 Å². The number of aliphatic hydroxyl groups excluding tert-OH is 1. The molecule has 1 aliphatic heterocycles. The number of hydrogen-bond acceptors (Lipinski definition) is 8. The Hall–Kier alpha value is -3.21. The number of anilines is 2. The van der Waals surface area contributed by atoms with E-state index in [9.17, 15) is 9.50 Å². The Morgan fingerprint density at radius 2 is 2.14 bits per heavy atom. The molecule has 9 nitrogen and oxygen atoms in total. The van der Waals surface area contributed by atoms with Crippen molar-refractivity contribution >= 4 is 45.0 Å². The molecule has 1 aliphatic carbocycles. The molecule has 1 saturated heterocycles. The number of ether oxygens (including phenoxy) is 1. The zero-order valence-corrected chi connectivity index (χ0v) is 20.0. The smallest absolute Gasteiger partial charge is 0.326 e. The summed E-state index contributed by atoms with van der Waals surface area (Å²) in [6.07, 6.45) is 2.55. The van der Waals surface area contributed by atoms with Crippen LogP contribution in [0.1, 0.15) is 31.6 Å². The van der Waals surface area contributed by atoms with E-state index in [2.05, 4.69) is 25.2 Å². The van der Waals surface area contributed by atoms with Gasteiger partial charge in [0.05, 0.1) is 39.6 Å². The maximum Gasteiger partial charge on any atom is 0.326 e. The molecule has 4 heterocycles. The summed E-state index contributed by atoms with van der Waals surface area (Å²) < 4.78 is 20.5. The van der Waals surface area contributed by atoms with Crippen LogP contribution in [-0.2, 0) is 0 Å². The molecule has 182 valence electrons. The van der Waals surface area contributed by atoms with Gasteiger partial charge < -0.3 is 30.8 Å². The maximum absolute atomic E-state index is 14.5. The fraction of sp³-hybridized carbons (Fsp3) is 0.375. The number of pyridine rings is 1. The molecular formula is C24H25ClFN7O2. The fourth-order valence-corrected chi connectivity index (χ4v) is 5.74. The first-order chi connectivity index (χ1) is 16.8. The molecule has 0 spiro atoms. The number of rotatable bonds is 5. The van der Waals surface area contributed by atoms with Crippen LogP contribution in [0.5, 0.6) is 11.8 Å². The fourth-order valence-electron chi connectivity index (χ4n) is 5.43. The number of nitrogens with zero attached hydrogens (tertiary/aromatic N) is 4. The summed E-state index contributed by atoms with van der Waals surface area (Å²) in [6.45, 7) is 2.36. The zero-order valence-electron chi connectivity index (χ0n) is 19.2. The molecular weight excluding hydrogens is 473 g/mol. The minimum Gasteiger partial charge on any atom is -0.422 e. The molecule has 35 heavy (non-hydrogen) atoms. The van der Waals surface area contributed by atoms with E-state index in [1.807, 2.05) is 0 Å². The summed E-state index contributed by atoms with van der Waals surface area (Å²) in [5, 5.41) is 14.6. The first kappa shape index (κ1) is 22.3. The number of nitrogens with one attached hydrogen (secondary N) is 2. The zero-order chi connectivity index (χ0) is 24.4. The number of nitrogens with two attached hydrogens (primary N) is 1.